The molecular weight excluding hydrogens is 268 g/mol. The Labute approximate surface area is 114 Å². The van der Waals surface area contributed by atoms with Crippen LogP contribution in [0.15, 0.2) is 10.9 Å². The normalized spacial score (nSPS) is 29.3. The first kappa shape index (κ1) is 12.6. The molecule has 0 unspecified atom stereocenters. The molecule has 2 atom stereocenters. The van der Waals surface area contributed by atoms with Crippen molar-refractivity contribution in [2.45, 2.75) is 0 Å². The molecule has 0 N–H and O–H groups in total. The van der Waals surface area contributed by atoms with Crippen LogP contribution < -0.4 is 0 Å². The number of fused-ring (bicyclic) bond motifs is 1. The molecule has 2 aliphatic heterocycles. The van der Waals surface area contributed by atoms with Gasteiger partial charge in [-0.1, -0.05) is 0 Å². The van der Waals surface area contributed by atoms with Gasteiger partial charge in [0.05, 0.1) is 25.8 Å². The number of methoxy groups -OCH3 is 1. The zero-order valence-electron chi connectivity index (χ0n) is 10.5. The highest BCUT2D eigenvalue weighted by atomic mass is 32.1. The van der Waals surface area contributed by atoms with Crippen molar-refractivity contribution >= 4 is 23.2 Å². The van der Waals surface area contributed by atoms with E-state index in [1.165, 1.54) is 18.4 Å². The summed E-state index contributed by atoms with van der Waals surface area (Å²) in [6, 6.07) is 0. The lowest BCUT2D eigenvalue weighted by molar-refractivity contribution is -0.153. The van der Waals surface area contributed by atoms with Gasteiger partial charge in [0.2, 0.25) is 0 Å². The fourth-order valence-electron chi connectivity index (χ4n) is 2.86. The summed E-state index contributed by atoms with van der Waals surface area (Å²) in [5, 5.41) is 1.72. The van der Waals surface area contributed by atoms with E-state index in [9.17, 15) is 9.59 Å². The molecular formula is C12H14N2O4S. The van der Waals surface area contributed by atoms with Gasteiger partial charge in [0, 0.05) is 24.4 Å². The van der Waals surface area contributed by atoms with Crippen LogP contribution in [0.4, 0.5) is 0 Å². The third-order valence-corrected chi connectivity index (χ3v) is 4.49. The summed E-state index contributed by atoms with van der Waals surface area (Å²) in [6.45, 7) is 1.69. The largest absolute Gasteiger partial charge is 0.468 e. The summed E-state index contributed by atoms with van der Waals surface area (Å²) >= 11 is 1.38. The maximum absolute atomic E-state index is 12.3. The molecule has 0 saturated carbocycles. The highest BCUT2D eigenvalue weighted by Gasteiger charge is 2.57. The van der Waals surface area contributed by atoms with E-state index in [0.717, 1.165) is 0 Å². The van der Waals surface area contributed by atoms with E-state index in [2.05, 4.69) is 4.98 Å². The zero-order chi connectivity index (χ0) is 13.5. The topological polar surface area (TPSA) is 68.7 Å². The van der Waals surface area contributed by atoms with Gasteiger partial charge in [-0.25, -0.2) is 4.98 Å². The second kappa shape index (κ2) is 4.57. The Morgan fingerprint density at radius 1 is 1.63 bits per heavy atom. The Kier molecular flexibility index (Phi) is 3.02. The number of likely N-dealkylation sites (tertiary alicyclic amines) is 1. The van der Waals surface area contributed by atoms with Crippen LogP contribution >= 0.6 is 11.3 Å². The summed E-state index contributed by atoms with van der Waals surface area (Å²) in [4.78, 5) is 30.0. The predicted octanol–water partition coefficient (Wildman–Crippen LogP) is 0.405. The van der Waals surface area contributed by atoms with Gasteiger partial charge in [0.15, 0.2) is 0 Å². The van der Waals surface area contributed by atoms with Gasteiger partial charge in [-0.2, -0.15) is 0 Å². The molecule has 0 spiro atoms. The number of hydrogen-bond donors (Lipinski definition) is 0. The number of ether oxygens (including phenoxy) is 2. The van der Waals surface area contributed by atoms with Crippen LogP contribution in [0.25, 0.3) is 0 Å². The van der Waals surface area contributed by atoms with Crippen molar-refractivity contribution in [3.05, 3.63) is 16.6 Å². The molecule has 0 aromatic carbocycles. The van der Waals surface area contributed by atoms with Crippen LogP contribution in [0.3, 0.4) is 0 Å². The molecule has 2 aliphatic rings. The van der Waals surface area contributed by atoms with Crippen molar-refractivity contribution in [3.8, 4) is 0 Å². The highest BCUT2D eigenvalue weighted by Crippen LogP contribution is 2.42. The molecule has 2 saturated heterocycles. The van der Waals surface area contributed by atoms with E-state index >= 15 is 0 Å². The van der Waals surface area contributed by atoms with Gasteiger partial charge in [0.1, 0.15) is 11.1 Å². The van der Waals surface area contributed by atoms with Crippen molar-refractivity contribution in [1.29, 1.82) is 0 Å². The van der Waals surface area contributed by atoms with Gasteiger partial charge in [-0.3, -0.25) is 9.59 Å². The van der Waals surface area contributed by atoms with Gasteiger partial charge < -0.3 is 14.4 Å². The number of aromatic nitrogens is 1. The summed E-state index contributed by atoms with van der Waals surface area (Å²) < 4.78 is 10.3. The van der Waals surface area contributed by atoms with Crippen LogP contribution in [-0.4, -0.2) is 55.2 Å². The summed E-state index contributed by atoms with van der Waals surface area (Å²) in [5.41, 5.74) is 1.37. The Morgan fingerprint density at radius 2 is 2.47 bits per heavy atom. The fourth-order valence-corrected chi connectivity index (χ4v) is 3.39. The van der Waals surface area contributed by atoms with E-state index in [4.69, 9.17) is 9.47 Å². The van der Waals surface area contributed by atoms with Crippen LogP contribution in [0.5, 0.6) is 0 Å². The van der Waals surface area contributed by atoms with Crippen LogP contribution in [0.2, 0.25) is 0 Å². The number of carbonyl (C=O) groups excluding carboxylic acids is 2. The van der Waals surface area contributed by atoms with Crippen molar-refractivity contribution in [1.82, 2.24) is 9.88 Å². The summed E-state index contributed by atoms with van der Waals surface area (Å²) in [5.74, 6) is -0.398. The molecule has 6 nitrogen and oxygen atoms in total. The Morgan fingerprint density at radius 3 is 3.16 bits per heavy atom. The van der Waals surface area contributed by atoms with Crippen molar-refractivity contribution in [3.63, 3.8) is 0 Å². The Bertz CT molecular complexity index is 504. The highest BCUT2D eigenvalue weighted by molar-refractivity contribution is 7.07. The van der Waals surface area contributed by atoms with Crippen molar-refractivity contribution in [2.24, 2.45) is 11.3 Å². The first-order valence-electron chi connectivity index (χ1n) is 6.01. The molecule has 1 amide bonds. The SMILES string of the molecule is COC(=O)[C@@]12COC[C@@H]1CN(C(=O)c1cscn1)C2. The van der Waals surface area contributed by atoms with Crippen molar-refractivity contribution in [2.75, 3.05) is 33.4 Å². The average molecular weight is 282 g/mol. The monoisotopic (exact) mass is 282 g/mol. The van der Waals surface area contributed by atoms with Gasteiger partial charge in [0.25, 0.3) is 5.91 Å². The second-order valence-electron chi connectivity index (χ2n) is 4.92. The van der Waals surface area contributed by atoms with Crippen LogP contribution in [0.1, 0.15) is 10.5 Å². The van der Waals surface area contributed by atoms with E-state index in [0.29, 0.717) is 32.0 Å². The van der Waals surface area contributed by atoms with Gasteiger partial charge in [-0.05, 0) is 0 Å². The third-order valence-electron chi connectivity index (χ3n) is 3.90. The van der Waals surface area contributed by atoms with Gasteiger partial charge >= 0.3 is 5.97 Å². The quantitative estimate of drug-likeness (QED) is 0.735. The number of carbonyl (C=O) groups is 2. The average Bonchev–Trinajstić information content (AvgIpc) is 3.11. The summed E-state index contributed by atoms with van der Waals surface area (Å²) in [6.07, 6.45) is 0. The van der Waals surface area contributed by atoms with E-state index in [1.807, 2.05) is 0 Å². The summed E-state index contributed by atoms with van der Waals surface area (Å²) in [7, 11) is 1.37. The van der Waals surface area contributed by atoms with Crippen LogP contribution in [0, 0.1) is 11.3 Å². The fraction of sp³-hybridized carbons (Fsp3) is 0.583. The number of esters is 1. The molecule has 0 bridgehead atoms. The Balaban J connectivity index is 1.82. The van der Waals surface area contributed by atoms with Crippen LogP contribution in [-0.2, 0) is 14.3 Å². The van der Waals surface area contributed by atoms with E-state index < -0.39 is 5.41 Å². The molecule has 3 rings (SSSR count). The first-order chi connectivity index (χ1) is 9.17. The lowest BCUT2D eigenvalue weighted by Crippen LogP contribution is -2.41. The maximum atomic E-state index is 12.3. The molecule has 0 aliphatic carbocycles. The molecule has 2 fully saturated rings. The van der Waals surface area contributed by atoms with Gasteiger partial charge in [-0.15, -0.1) is 11.3 Å². The molecule has 1 aromatic heterocycles. The lowest BCUT2D eigenvalue weighted by atomic mass is 9.81. The molecule has 0 radical (unpaired) electrons. The minimum Gasteiger partial charge on any atom is -0.468 e. The number of thiazole rings is 1. The molecule has 7 heteroatoms. The molecule has 19 heavy (non-hydrogen) atoms. The standard InChI is InChI=1S/C12H14N2O4S/c1-17-11(16)12-5-14(2-8(12)3-18-6-12)10(15)9-4-19-7-13-9/h4,7-8H,2-3,5-6H2,1H3/t8-,12-/m0/s1. The number of nitrogens with zero attached hydrogens (tertiary/aromatic N) is 2. The van der Waals surface area contributed by atoms with E-state index in [-0.39, 0.29) is 17.8 Å². The first-order valence-corrected chi connectivity index (χ1v) is 6.95. The number of rotatable bonds is 2. The zero-order valence-corrected chi connectivity index (χ0v) is 11.3. The third kappa shape index (κ3) is 1.84. The smallest absolute Gasteiger partial charge is 0.316 e. The second-order valence-corrected chi connectivity index (χ2v) is 5.64. The molecule has 102 valence electrons. The minimum absolute atomic E-state index is 0.0162. The maximum Gasteiger partial charge on any atom is 0.316 e. The van der Waals surface area contributed by atoms with Crippen molar-refractivity contribution < 1.29 is 19.1 Å². The Hall–Kier alpha value is -1.47. The minimum atomic E-state index is -0.694. The number of hydrogen-bond acceptors (Lipinski definition) is 6. The predicted molar refractivity (Wildman–Crippen MR) is 66.8 cm³/mol. The lowest BCUT2D eigenvalue weighted by Gasteiger charge is -2.23. The molecule has 1 aromatic rings. The molecule has 3 heterocycles. The van der Waals surface area contributed by atoms with E-state index in [1.54, 1.807) is 15.8 Å². The number of amides is 1.